The summed E-state index contributed by atoms with van der Waals surface area (Å²) in [4.78, 5) is 34.4. The van der Waals surface area contributed by atoms with E-state index in [1.54, 1.807) is 19.0 Å². The number of para-hydroxylation sites is 1. The highest BCUT2D eigenvalue weighted by molar-refractivity contribution is 6.30. The lowest BCUT2D eigenvalue weighted by atomic mass is 10.0. The molecule has 0 spiro atoms. The van der Waals surface area contributed by atoms with Gasteiger partial charge in [-0.1, -0.05) is 41.9 Å². The first kappa shape index (κ1) is 23.5. The number of aryl methyl sites for hydroxylation is 1. The van der Waals surface area contributed by atoms with Crippen LogP contribution in [0.3, 0.4) is 0 Å². The molecule has 0 saturated heterocycles. The normalized spacial score (nSPS) is 14.6. The minimum Gasteiger partial charge on any atom is -0.481 e. The van der Waals surface area contributed by atoms with Crippen LogP contribution in [0.5, 0.6) is 5.75 Å². The smallest absolute Gasteiger partial charge is 0.308 e. The lowest BCUT2D eigenvalue weighted by Crippen LogP contribution is -2.35. The number of rotatable bonds is 7. The summed E-state index contributed by atoms with van der Waals surface area (Å²) in [7, 11) is 3.56. The minimum atomic E-state index is -0.998. The van der Waals surface area contributed by atoms with Crippen molar-refractivity contribution < 1.29 is 19.4 Å². The van der Waals surface area contributed by atoms with Gasteiger partial charge in [0.25, 0.3) is 5.91 Å². The Bertz CT molecular complexity index is 1210. The number of carboxylic acids is 1. The molecule has 34 heavy (non-hydrogen) atoms. The Hall–Kier alpha value is -3.65. The summed E-state index contributed by atoms with van der Waals surface area (Å²) in [5.41, 5.74) is 3.09. The number of fused-ring (bicyclic) bond motifs is 1. The van der Waals surface area contributed by atoms with Gasteiger partial charge in [-0.2, -0.15) is 0 Å². The number of anilines is 2. The number of hydrogen-bond donors (Lipinski definition) is 2. The highest BCUT2D eigenvalue weighted by atomic mass is 35.5. The van der Waals surface area contributed by atoms with E-state index < -0.39 is 12.1 Å². The number of nitrogens with zero attached hydrogens (tertiary/aromatic N) is 3. The van der Waals surface area contributed by atoms with Crippen molar-refractivity contribution in [2.75, 3.05) is 24.3 Å². The maximum atomic E-state index is 12.7. The third-order valence-corrected chi connectivity index (χ3v) is 5.84. The predicted octanol–water partition coefficient (Wildman–Crippen LogP) is 3.75. The van der Waals surface area contributed by atoms with Crippen LogP contribution in [0.15, 0.2) is 48.5 Å². The van der Waals surface area contributed by atoms with Crippen molar-refractivity contribution >= 4 is 35.0 Å². The largest absolute Gasteiger partial charge is 0.481 e. The molecule has 3 aromatic rings. The number of carboxylic acid groups (broad SMARTS) is 1. The Kier molecular flexibility index (Phi) is 6.98. The van der Waals surface area contributed by atoms with E-state index >= 15 is 0 Å². The zero-order valence-corrected chi connectivity index (χ0v) is 19.7. The molecule has 1 aliphatic heterocycles. The molecule has 1 aliphatic rings. The molecule has 0 saturated carbocycles. The van der Waals surface area contributed by atoms with Gasteiger partial charge in [0, 0.05) is 31.8 Å². The van der Waals surface area contributed by atoms with Crippen molar-refractivity contribution in [1.29, 1.82) is 0 Å². The van der Waals surface area contributed by atoms with E-state index in [1.807, 2.05) is 48.5 Å². The first-order valence-electron chi connectivity index (χ1n) is 10.9. The Morgan fingerprint density at radius 2 is 1.88 bits per heavy atom. The first-order chi connectivity index (χ1) is 16.3. The maximum Gasteiger partial charge on any atom is 0.308 e. The van der Waals surface area contributed by atoms with Crippen LogP contribution in [0.4, 0.5) is 11.5 Å². The topological polar surface area (TPSA) is 105 Å². The van der Waals surface area contributed by atoms with E-state index in [0.29, 0.717) is 35.7 Å². The van der Waals surface area contributed by atoms with Gasteiger partial charge in [0.1, 0.15) is 22.5 Å². The number of carbonyl (C=O) groups excluding carboxylic acids is 1. The fourth-order valence-corrected chi connectivity index (χ4v) is 4.11. The van der Waals surface area contributed by atoms with Gasteiger partial charge >= 0.3 is 5.97 Å². The maximum absolute atomic E-state index is 12.7. The molecule has 1 atom stereocenters. The van der Waals surface area contributed by atoms with Crippen molar-refractivity contribution in [3.05, 3.63) is 76.2 Å². The van der Waals surface area contributed by atoms with Crippen LogP contribution < -0.4 is 15.0 Å². The number of carbonyl (C=O) groups is 2. The molecule has 9 heteroatoms. The molecule has 2 N–H and O–H groups in total. The molecule has 0 bridgehead atoms. The third kappa shape index (κ3) is 5.46. The zero-order chi connectivity index (χ0) is 24.2. The number of aromatic nitrogens is 2. The quantitative estimate of drug-likeness (QED) is 0.496. The average Bonchev–Trinajstić information content (AvgIpc) is 2.81. The summed E-state index contributed by atoms with van der Waals surface area (Å²) in [6, 6.07) is 15.2. The van der Waals surface area contributed by atoms with Crippen molar-refractivity contribution in [2.24, 2.45) is 0 Å². The van der Waals surface area contributed by atoms with Crippen LogP contribution in [0.2, 0.25) is 5.15 Å². The van der Waals surface area contributed by atoms with Gasteiger partial charge in [0.15, 0.2) is 6.10 Å². The summed E-state index contributed by atoms with van der Waals surface area (Å²) in [6.45, 7) is 0. The molecule has 4 rings (SSSR count). The third-order valence-electron chi connectivity index (χ3n) is 5.53. The molecule has 176 valence electrons. The van der Waals surface area contributed by atoms with E-state index in [0.717, 1.165) is 23.3 Å². The monoisotopic (exact) mass is 480 g/mol. The van der Waals surface area contributed by atoms with Crippen LogP contribution in [0, 0.1) is 0 Å². The summed E-state index contributed by atoms with van der Waals surface area (Å²) in [5, 5.41) is 12.2. The van der Waals surface area contributed by atoms with Gasteiger partial charge in [0.05, 0.1) is 6.42 Å². The molecule has 2 aromatic carbocycles. The van der Waals surface area contributed by atoms with Crippen molar-refractivity contribution in [3.63, 3.8) is 0 Å². The molecule has 0 fully saturated rings. The minimum absolute atomic E-state index is 0.133. The zero-order valence-electron chi connectivity index (χ0n) is 18.9. The SMILES string of the molecule is CN(C)c1nc(Cc2ccc(NC(=O)[C@@H]3CCc4ccccc4O3)cc2)nc(Cl)c1CC(=O)O. The molecule has 0 aliphatic carbocycles. The van der Waals surface area contributed by atoms with E-state index in [4.69, 9.17) is 21.4 Å². The second kappa shape index (κ2) is 10.1. The lowest BCUT2D eigenvalue weighted by Gasteiger charge is -2.25. The van der Waals surface area contributed by atoms with Gasteiger partial charge in [-0.05, 0) is 42.2 Å². The standard InChI is InChI=1S/C25H25ClN4O4/c1-30(2)24-18(14-22(31)32)23(26)28-21(29-24)13-15-7-10-17(11-8-15)27-25(33)20-12-9-16-5-3-4-6-19(16)34-20/h3-8,10-11,20H,9,12-14H2,1-2H3,(H,27,33)(H,31,32)/t20-/m0/s1. The van der Waals surface area contributed by atoms with E-state index in [9.17, 15) is 9.59 Å². The van der Waals surface area contributed by atoms with Crippen LogP contribution in [-0.2, 0) is 28.9 Å². The first-order valence-corrected chi connectivity index (χ1v) is 11.3. The Morgan fingerprint density at radius 3 is 2.59 bits per heavy atom. The van der Waals surface area contributed by atoms with Crippen molar-refractivity contribution in [1.82, 2.24) is 9.97 Å². The van der Waals surface area contributed by atoms with E-state index in [2.05, 4.69) is 15.3 Å². The molecule has 8 nitrogen and oxygen atoms in total. The molecule has 1 aromatic heterocycles. The van der Waals surface area contributed by atoms with Gasteiger partial charge in [0.2, 0.25) is 0 Å². The number of benzene rings is 2. The molecular formula is C25H25ClN4O4. The van der Waals surface area contributed by atoms with Gasteiger partial charge in [-0.25, -0.2) is 9.97 Å². The van der Waals surface area contributed by atoms with Crippen molar-refractivity contribution in [3.8, 4) is 5.75 Å². The Labute approximate surface area is 202 Å². The highest BCUT2D eigenvalue weighted by Gasteiger charge is 2.26. The summed E-state index contributed by atoms with van der Waals surface area (Å²) >= 11 is 6.28. The highest BCUT2D eigenvalue weighted by Crippen LogP contribution is 2.28. The molecular weight excluding hydrogens is 456 g/mol. The predicted molar refractivity (Wildman–Crippen MR) is 130 cm³/mol. The second-order valence-electron chi connectivity index (χ2n) is 8.31. The Balaban J connectivity index is 1.42. The number of halogens is 1. The second-order valence-corrected chi connectivity index (χ2v) is 8.67. The number of hydrogen-bond acceptors (Lipinski definition) is 6. The molecule has 0 unspecified atom stereocenters. The number of nitrogens with one attached hydrogen (secondary N) is 1. The molecule has 1 amide bonds. The van der Waals surface area contributed by atoms with E-state index in [1.165, 1.54) is 0 Å². The summed E-state index contributed by atoms with van der Waals surface area (Å²) in [6.07, 6.45) is 1.06. The molecule has 2 heterocycles. The number of aliphatic carboxylic acids is 1. The fraction of sp³-hybridized carbons (Fsp3) is 0.280. The van der Waals surface area contributed by atoms with Crippen LogP contribution >= 0.6 is 11.6 Å². The lowest BCUT2D eigenvalue weighted by molar-refractivity contribution is -0.136. The molecule has 0 radical (unpaired) electrons. The van der Waals surface area contributed by atoms with Crippen LogP contribution in [-0.4, -0.2) is 47.2 Å². The number of ether oxygens (including phenoxy) is 1. The van der Waals surface area contributed by atoms with Gasteiger partial charge < -0.3 is 20.1 Å². The number of amides is 1. The van der Waals surface area contributed by atoms with Gasteiger partial charge in [-0.3, -0.25) is 9.59 Å². The summed E-state index contributed by atoms with van der Waals surface area (Å²) in [5.74, 6) is 0.544. The van der Waals surface area contributed by atoms with Crippen molar-refractivity contribution in [2.45, 2.75) is 31.8 Å². The van der Waals surface area contributed by atoms with Crippen LogP contribution in [0.25, 0.3) is 0 Å². The van der Waals surface area contributed by atoms with Gasteiger partial charge in [-0.15, -0.1) is 0 Å². The van der Waals surface area contributed by atoms with E-state index in [-0.39, 0.29) is 17.5 Å². The average molecular weight is 481 g/mol. The Morgan fingerprint density at radius 1 is 1.15 bits per heavy atom. The summed E-state index contributed by atoms with van der Waals surface area (Å²) < 4.78 is 5.86. The fourth-order valence-electron chi connectivity index (χ4n) is 3.86. The van der Waals surface area contributed by atoms with Crippen LogP contribution in [0.1, 0.15) is 28.9 Å².